The Morgan fingerprint density at radius 1 is 0.976 bits per heavy atom. The minimum Gasteiger partial charge on any atom is -0.385 e. The van der Waals surface area contributed by atoms with Crippen LogP contribution < -0.4 is 16.0 Å². The number of carbonyl (C=O) groups excluding carboxylic acids is 4. The molecule has 41 heavy (non-hydrogen) atoms. The van der Waals surface area contributed by atoms with Crippen molar-refractivity contribution < 1.29 is 33.2 Å². The largest absolute Gasteiger partial charge is 0.385 e. The van der Waals surface area contributed by atoms with Crippen molar-refractivity contribution in [2.75, 3.05) is 20.3 Å². The van der Waals surface area contributed by atoms with Crippen LogP contribution in [-0.4, -0.2) is 72.7 Å². The number of nitrogens with one attached hydrogen (secondary N) is 3. The molecule has 11 nitrogen and oxygen atoms in total. The summed E-state index contributed by atoms with van der Waals surface area (Å²) in [5, 5.41) is 12.2. The van der Waals surface area contributed by atoms with Crippen molar-refractivity contribution >= 4 is 23.5 Å². The number of epoxide rings is 1. The number of hydrogen-bond donors (Lipinski definition) is 3. The Hall–Kier alpha value is -3.57. The van der Waals surface area contributed by atoms with Crippen LogP contribution in [0.25, 0.3) is 0 Å². The summed E-state index contributed by atoms with van der Waals surface area (Å²) >= 11 is 0. The molecule has 3 N–H and O–H groups in total. The molecule has 0 radical (unpaired) electrons. The minimum absolute atomic E-state index is 0.0364. The van der Waals surface area contributed by atoms with Gasteiger partial charge in [0.2, 0.25) is 11.8 Å². The van der Waals surface area contributed by atoms with Gasteiger partial charge < -0.3 is 29.9 Å². The van der Waals surface area contributed by atoms with Gasteiger partial charge in [-0.25, -0.2) is 0 Å². The molecule has 1 fully saturated rings. The van der Waals surface area contributed by atoms with E-state index in [1.165, 1.54) is 13.2 Å². The Balaban J connectivity index is 1.79. The lowest BCUT2D eigenvalue weighted by atomic mass is 9.93. The van der Waals surface area contributed by atoms with Crippen LogP contribution in [0.1, 0.15) is 75.2 Å². The minimum atomic E-state index is -1.01. The summed E-state index contributed by atoms with van der Waals surface area (Å²) in [5.74, 6) is -1.12. The molecule has 0 aliphatic carbocycles. The van der Waals surface area contributed by atoms with Crippen molar-refractivity contribution in [1.29, 1.82) is 0 Å². The van der Waals surface area contributed by atoms with E-state index in [9.17, 15) is 19.2 Å². The van der Waals surface area contributed by atoms with E-state index >= 15 is 0 Å². The number of benzene rings is 1. The lowest BCUT2D eigenvalue weighted by Gasteiger charge is -2.26. The Morgan fingerprint density at radius 2 is 1.61 bits per heavy atom. The summed E-state index contributed by atoms with van der Waals surface area (Å²) in [6, 6.07) is 7.98. The van der Waals surface area contributed by atoms with Gasteiger partial charge in [-0.15, -0.1) is 0 Å². The predicted octanol–water partition coefficient (Wildman–Crippen LogP) is 2.55. The van der Waals surface area contributed by atoms with Gasteiger partial charge in [0.05, 0.1) is 12.6 Å². The second-order valence-corrected chi connectivity index (χ2v) is 11.4. The molecular weight excluding hydrogens is 528 g/mol. The Bertz CT molecular complexity index is 1190. The fourth-order valence-electron chi connectivity index (χ4n) is 4.33. The van der Waals surface area contributed by atoms with Gasteiger partial charge in [0.15, 0.2) is 11.5 Å². The summed E-state index contributed by atoms with van der Waals surface area (Å²) in [6.07, 6.45) is 0.769. The van der Waals surface area contributed by atoms with Crippen LogP contribution in [0.4, 0.5) is 0 Å². The maximum atomic E-state index is 13.6. The number of ketones is 1. The van der Waals surface area contributed by atoms with Crippen LogP contribution in [0.5, 0.6) is 0 Å². The molecule has 1 aromatic heterocycles. The monoisotopic (exact) mass is 570 g/mol. The third kappa shape index (κ3) is 9.22. The molecule has 1 aliphatic heterocycles. The van der Waals surface area contributed by atoms with Crippen LogP contribution in [0.3, 0.4) is 0 Å². The van der Waals surface area contributed by atoms with Gasteiger partial charge in [-0.2, -0.15) is 0 Å². The summed E-state index contributed by atoms with van der Waals surface area (Å²) in [5.41, 5.74) is -0.0383. The predicted molar refractivity (Wildman–Crippen MR) is 151 cm³/mol. The number of nitrogens with zero attached hydrogens (tertiary/aromatic N) is 1. The van der Waals surface area contributed by atoms with Gasteiger partial charge >= 0.3 is 0 Å². The Labute approximate surface area is 241 Å². The molecule has 1 aliphatic rings. The fourth-order valence-corrected chi connectivity index (χ4v) is 4.33. The van der Waals surface area contributed by atoms with Crippen molar-refractivity contribution in [1.82, 2.24) is 21.1 Å². The van der Waals surface area contributed by atoms with E-state index in [0.29, 0.717) is 18.8 Å². The normalized spacial score (nSPS) is 18.4. The van der Waals surface area contributed by atoms with Crippen LogP contribution in [0.15, 0.2) is 40.9 Å². The van der Waals surface area contributed by atoms with Gasteiger partial charge in [0.25, 0.3) is 5.91 Å². The van der Waals surface area contributed by atoms with E-state index in [1.807, 2.05) is 58.0 Å². The number of Topliss-reactive ketones (excluding diaryl/α,β-unsaturated/α-hetero) is 1. The summed E-state index contributed by atoms with van der Waals surface area (Å²) < 4.78 is 15.7. The molecule has 1 aromatic carbocycles. The van der Waals surface area contributed by atoms with Crippen LogP contribution in [0, 0.1) is 5.92 Å². The molecule has 224 valence electrons. The van der Waals surface area contributed by atoms with Gasteiger partial charge in [0, 0.05) is 32.1 Å². The van der Waals surface area contributed by atoms with Crippen molar-refractivity contribution in [2.45, 2.75) is 83.5 Å². The van der Waals surface area contributed by atoms with E-state index in [-0.39, 0.29) is 42.8 Å². The molecule has 1 saturated heterocycles. The van der Waals surface area contributed by atoms with Gasteiger partial charge in [-0.1, -0.05) is 63.2 Å². The summed E-state index contributed by atoms with van der Waals surface area (Å²) in [6.45, 7) is 9.96. The van der Waals surface area contributed by atoms with Crippen molar-refractivity contribution in [3.63, 3.8) is 0 Å². The van der Waals surface area contributed by atoms with E-state index in [2.05, 4.69) is 21.1 Å². The smallest absolute Gasteiger partial charge is 0.274 e. The topological polar surface area (TPSA) is 152 Å². The second kappa shape index (κ2) is 14.4. The highest BCUT2D eigenvalue weighted by Gasteiger charge is 2.50. The van der Waals surface area contributed by atoms with E-state index < -0.39 is 41.4 Å². The number of amides is 3. The fraction of sp³-hybridized carbons (Fsp3) is 0.567. The number of ether oxygens (including phenoxy) is 2. The molecule has 11 heteroatoms. The van der Waals surface area contributed by atoms with Crippen molar-refractivity contribution in [3.8, 4) is 0 Å². The zero-order chi connectivity index (χ0) is 30.2. The Morgan fingerprint density at radius 3 is 2.17 bits per heavy atom. The Kier molecular flexibility index (Phi) is 11.2. The quantitative estimate of drug-likeness (QED) is 0.261. The van der Waals surface area contributed by atoms with Crippen molar-refractivity contribution in [3.05, 3.63) is 53.4 Å². The number of methoxy groups -OCH3 is 1. The molecule has 3 amide bonds. The SMILES string of the molecule is COCCC(NC(=O)c1cc(C(C)C)on1)C(=O)NC(Cc1ccccc1)C(=O)NC(CC(C)C)C(=O)C1(C)CO1. The first-order valence-corrected chi connectivity index (χ1v) is 14.0. The number of rotatable bonds is 16. The average Bonchev–Trinajstić information content (AvgIpc) is 3.48. The number of hydrogen-bond acceptors (Lipinski definition) is 8. The molecule has 0 bridgehead atoms. The first kappa shape index (κ1) is 32.0. The highest BCUT2D eigenvalue weighted by atomic mass is 16.6. The lowest BCUT2D eigenvalue weighted by molar-refractivity contribution is -0.133. The molecule has 0 spiro atoms. The third-order valence-electron chi connectivity index (χ3n) is 6.92. The lowest BCUT2D eigenvalue weighted by Crippen LogP contribution is -2.57. The number of aromatic nitrogens is 1. The summed E-state index contributed by atoms with van der Waals surface area (Å²) in [4.78, 5) is 53.2. The summed E-state index contributed by atoms with van der Waals surface area (Å²) in [7, 11) is 1.49. The maximum Gasteiger partial charge on any atom is 0.274 e. The van der Waals surface area contributed by atoms with Crippen LogP contribution in [-0.2, 0) is 30.3 Å². The van der Waals surface area contributed by atoms with Crippen LogP contribution in [0.2, 0.25) is 0 Å². The maximum absolute atomic E-state index is 13.6. The van der Waals surface area contributed by atoms with Crippen molar-refractivity contribution in [2.24, 2.45) is 5.92 Å². The molecule has 2 heterocycles. The average molecular weight is 571 g/mol. The molecule has 4 unspecified atom stereocenters. The molecule has 2 aromatic rings. The zero-order valence-electron chi connectivity index (χ0n) is 24.7. The highest BCUT2D eigenvalue weighted by molar-refractivity contribution is 5.99. The van der Waals surface area contributed by atoms with Gasteiger partial charge in [-0.3, -0.25) is 19.2 Å². The molecular formula is C30H42N4O7. The molecule has 0 saturated carbocycles. The van der Waals surface area contributed by atoms with E-state index in [1.54, 1.807) is 6.92 Å². The zero-order valence-corrected chi connectivity index (χ0v) is 24.7. The highest BCUT2D eigenvalue weighted by Crippen LogP contribution is 2.29. The van der Waals surface area contributed by atoms with Gasteiger partial charge in [-0.05, 0) is 31.2 Å². The first-order chi connectivity index (χ1) is 19.4. The standard InChI is InChI=1S/C30H42N4O7/c1-18(2)14-22(26(35)30(5)17-40-30)32-28(37)23(15-20-10-8-7-9-11-20)33-27(36)21(12-13-39-6)31-29(38)24-16-25(19(3)4)41-34-24/h7-11,16,18-19,21-23H,12-15,17H2,1-6H3,(H,31,38)(H,32,37)(H,33,36). The number of carbonyl (C=O) groups is 4. The molecule has 4 atom stereocenters. The first-order valence-electron chi connectivity index (χ1n) is 14.0. The van der Waals surface area contributed by atoms with Crippen LogP contribution >= 0.6 is 0 Å². The van der Waals surface area contributed by atoms with E-state index in [0.717, 1.165) is 5.56 Å². The van der Waals surface area contributed by atoms with Gasteiger partial charge in [0.1, 0.15) is 23.4 Å². The third-order valence-corrected chi connectivity index (χ3v) is 6.92. The second-order valence-electron chi connectivity index (χ2n) is 11.4. The molecule has 3 rings (SSSR count). The van der Waals surface area contributed by atoms with E-state index in [4.69, 9.17) is 14.0 Å².